The molecule has 1 aromatic carbocycles. The highest BCUT2D eigenvalue weighted by atomic mass is 35.5. The van der Waals surface area contributed by atoms with Gasteiger partial charge in [0.2, 0.25) is 0 Å². The van der Waals surface area contributed by atoms with Crippen LogP contribution in [-0.2, 0) is 6.54 Å². The van der Waals surface area contributed by atoms with Crippen LogP contribution in [0.3, 0.4) is 0 Å². The molecule has 0 saturated carbocycles. The minimum absolute atomic E-state index is 0.226. The van der Waals surface area contributed by atoms with Crippen molar-refractivity contribution in [3.63, 3.8) is 0 Å². The summed E-state index contributed by atoms with van der Waals surface area (Å²) in [6.07, 6.45) is 4.38. The molecule has 0 saturated heterocycles. The van der Waals surface area contributed by atoms with Crippen LogP contribution >= 0.6 is 23.2 Å². The molecule has 1 heterocycles. The summed E-state index contributed by atoms with van der Waals surface area (Å²) < 4.78 is 1.81. The predicted molar refractivity (Wildman–Crippen MR) is 80.1 cm³/mol. The number of benzene rings is 1. The lowest BCUT2D eigenvalue weighted by Crippen LogP contribution is -2.25. The summed E-state index contributed by atoms with van der Waals surface area (Å²) in [5, 5.41) is 7.41. The van der Waals surface area contributed by atoms with Crippen molar-refractivity contribution in [2.45, 2.75) is 13.0 Å². The molecule has 106 valence electrons. The summed E-state index contributed by atoms with van der Waals surface area (Å²) in [5.41, 5.74) is 6.36. The molecule has 20 heavy (non-hydrogen) atoms. The van der Waals surface area contributed by atoms with Gasteiger partial charge in [0.25, 0.3) is 5.91 Å². The smallest absolute Gasteiger partial charge is 0.251 e. The van der Waals surface area contributed by atoms with Gasteiger partial charge in [0.15, 0.2) is 0 Å². The molecule has 0 spiro atoms. The fourth-order valence-corrected chi connectivity index (χ4v) is 2.05. The van der Waals surface area contributed by atoms with E-state index in [0.717, 1.165) is 13.0 Å². The molecule has 1 aromatic heterocycles. The monoisotopic (exact) mass is 312 g/mol. The highest BCUT2D eigenvalue weighted by molar-refractivity contribution is 6.43. The van der Waals surface area contributed by atoms with Crippen molar-refractivity contribution in [1.82, 2.24) is 15.1 Å². The number of halogens is 2. The number of carbonyl (C=O) groups is 1. The number of carbonyl (C=O) groups excluding carboxylic acids is 1. The zero-order valence-electron chi connectivity index (χ0n) is 10.6. The van der Waals surface area contributed by atoms with Gasteiger partial charge in [-0.1, -0.05) is 23.2 Å². The molecule has 2 rings (SSSR count). The number of rotatable bonds is 5. The molecule has 2 aromatic rings. The van der Waals surface area contributed by atoms with E-state index in [0.29, 0.717) is 17.8 Å². The number of amides is 1. The van der Waals surface area contributed by atoms with E-state index in [1.807, 2.05) is 16.9 Å². The third-order valence-corrected chi connectivity index (χ3v) is 3.54. The highest BCUT2D eigenvalue weighted by Gasteiger charge is 2.10. The maximum absolute atomic E-state index is 11.9. The van der Waals surface area contributed by atoms with Crippen LogP contribution in [0.4, 0.5) is 5.69 Å². The molecule has 0 bridgehead atoms. The molecule has 5 nitrogen and oxygen atoms in total. The molecular weight excluding hydrogens is 299 g/mol. The van der Waals surface area contributed by atoms with E-state index in [-0.39, 0.29) is 16.0 Å². The molecule has 0 atom stereocenters. The number of aromatic nitrogens is 2. The number of nitrogens with zero attached hydrogens (tertiary/aromatic N) is 2. The predicted octanol–water partition coefficient (Wildman–Crippen LogP) is 2.59. The SMILES string of the molecule is Nc1cc(C(=O)NCCCn2cccn2)cc(Cl)c1Cl. The van der Waals surface area contributed by atoms with Crippen molar-refractivity contribution < 1.29 is 4.79 Å². The van der Waals surface area contributed by atoms with Crippen LogP contribution in [0.15, 0.2) is 30.6 Å². The Morgan fingerprint density at radius 3 is 2.85 bits per heavy atom. The lowest BCUT2D eigenvalue weighted by atomic mass is 10.2. The van der Waals surface area contributed by atoms with E-state index in [2.05, 4.69) is 10.4 Å². The van der Waals surface area contributed by atoms with Crippen molar-refractivity contribution in [2.24, 2.45) is 0 Å². The zero-order valence-corrected chi connectivity index (χ0v) is 12.2. The fraction of sp³-hybridized carbons (Fsp3) is 0.231. The maximum Gasteiger partial charge on any atom is 0.251 e. The van der Waals surface area contributed by atoms with Gasteiger partial charge in [-0.2, -0.15) is 5.10 Å². The Balaban J connectivity index is 1.86. The second-order valence-electron chi connectivity index (χ2n) is 4.24. The number of anilines is 1. The normalized spacial score (nSPS) is 10.5. The Bertz CT molecular complexity index is 575. The van der Waals surface area contributed by atoms with Gasteiger partial charge in [0.1, 0.15) is 0 Å². The summed E-state index contributed by atoms with van der Waals surface area (Å²) in [4.78, 5) is 11.9. The molecule has 0 aliphatic heterocycles. The second kappa shape index (κ2) is 6.63. The van der Waals surface area contributed by atoms with Crippen LogP contribution in [0.25, 0.3) is 0 Å². The minimum Gasteiger partial charge on any atom is -0.397 e. The largest absolute Gasteiger partial charge is 0.397 e. The third kappa shape index (κ3) is 3.65. The van der Waals surface area contributed by atoms with Crippen molar-refractivity contribution in [3.05, 3.63) is 46.2 Å². The van der Waals surface area contributed by atoms with Gasteiger partial charge in [-0.25, -0.2) is 0 Å². The van der Waals surface area contributed by atoms with Crippen LogP contribution in [0.2, 0.25) is 10.0 Å². The van der Waals surface area contributed by atoms with Crippen LogP contribution in [0.1, 0.15) is 16.8 Å². The summed E-state index contributed by atoms with van der Waals surface area (Å²) in [6, 6.07) is 4.87. The van der Waals surface area contributed by atoms with Crippen molar-refractivity contribution >= 4 is 34.8 Å². The topological polar surface area (TPSA) is 72.9 Å². The molecule has 0 aliphatic carbocycles. The number of nitrogens with two attached hydrogens (primary N) is 1. The Morgan fingerprint density at radius 1 is 1.40 bits per heavy atom. The van der Waals surface area contributed by atoms with E-state index >= 15 is 0 Å². The van der Waals surface area contributed by atoms with Crippen molar-refractivity contribution in [1.29, 1.82) is 0 Å². The minimum atomic E-state index is -0.226. The van der Waals surface area contributed by atoms with Crippen LogP contribution in [0, 0.1) is 0 Å². The average Bonchev–Trinajstić information content (AvgIpc) is 2.93. The summed E-state index contributed by atoms with van der Waals surface area (Å²) in [7, 11) is 0. The second-order valence-corrected chi connectivity index (χ2v) is 5.03. The molecule has 1 amide bonds. The molecule has 0 radical (unpaired) electrons. The van der Waals surface area contributed by atoms with E-state index in [9.17, 15) is 4.79 Å². The van der Waals surface area contributed by atoms with Gasteiger partial charge in [0.05, 0.1) is 15.7 Å². The number of aryl methyl sites for hydroxylation is 1. The van der Waals surface area contributed by atoms with E-state index in [1.165, 1.54) is 12.1 Å². The standard InChI is InChI=1S/C13H14Cl2N4O/c14-10-7-9(8-11(16)12(10)15)13(20)17-3-1-5-19-6-2-4-18-19/h2,4,6-8H,1,3,5,16H2,(H,17,20). The zero-order chi connectivity index (χ0) is 14.5. The highest BCUT2D eigenvalue weighted by Crippen LogP contribution is 2.29. The summed E-state index contributed by atoms with van der Waals surface area (Å²) in [6.45, 7) is 1.29. The first-order valence-electron chi connectivity index (χ1n) is 6.08. The fourth-order valence-electron chi connectivity index (χ4n) is 1.72. The van der Waals surface area contributed by atoms with E-state index in [1.54, 1.807) is 6.20 Å². The molecule has 3 N–H and O–H groups in total. The summed E-state index contributed by atoms with van der Waals surface area (Å²) >= 11 is 11.7. The lowest BCUT2D eigenvalue weighted by molar-refractivity contribution is 0.0952. The Labute approximate surface area is 126 Å². The van der Waals surface area contributed by atoms with Crippen molar-refractivity contribution in [2.75, 3.05) is 12.3 Å². The Hall–Kier alpha value is -1.72. The third-order valence-electron chi connectivity index (χ3n) is 2.73. The van der Waals surface area contributed by atoms with Crippen molar-refractivity contribution in [3.8, 4) is 0 Å². The first-order chi connectivity index (χ1) is 9.58. The lowest BCUT2D eigenvalue weighted by Gasteiger charge is -2.08. The Kier molecular flexibility index (Phi) is 4.87. The van der Waals surface area contributed by atoms with Crippen LogP contribution < -0.4 is 11.1 Å². The maximum atomic E-state index is 11.9. The van der Waals surface area contributed by atoms with E-state index in [4.69, 9.17) is 28.9 Å². The first kappa shape index (κ1) is 14.7. The molecule has 0 unspecified atom stereocenters. The number of nitrogens with one attached hydrogen (secondary N) is 1. The van der Waals surface area contributed by atoms with Gasteiger partial charge < -0.3 is 11.1 Å². The number of hydrogen-bond donors (Lipinski definition) is 2. The molecule has 0 aliphatic rings. The first-order valence-corrected chi connectivity index (χ1v) is 6.83. The van der Waals surface area contributed by atoms with Gasteiger partial charge in [-0.15, -0.1) is 0 Å². The van der Waals surface area contributed by atoms with Gasteiger partial charge in [-0.05, 0) is 24.6 Å². The van der Waals surface area contributed by atoms with Gasteiger partial charge >= 0.3 is 0 Å². The number of hydrogen-bond acceptors (Lipinski definition) is 3. The Morgan fingerprint density at radius 2 is 2.20 bits per heavy atom. The summed E-state index contributed by atoms with van der Waals surface area (Å²) in [5.74, 6) is -0.226. The molecule has 0 fully saturated rings. The molecule has 7 heteroatoms. The average molecular weight is 313 g/mol. The number of nitrogen functional groups attached to an aromatic ring is 1. The van der Waals surface area contributed by atoms with Gasteiger partial charge in [0, 0.05) is 31.0 Å². The quantitative estimate of drug-likeness (QED) is 0.658. The molecular formula is C13H14Cl2N4O. The van der Waals surface area contributed by atoms with Crippen LogP contribution in [-0.4, -0.2) is 22.2 Å². The van der Waals surface area contributed by atoms with Gasteiger partial charge in [-0.3, -0.25) is 9.48 Å². The van der Waals surface area contributed by atoms with Crippen LogP contribution in [0.5, 0.6) is 0 Å². The van der Waals surface area contributed by atoms with E-state index < -0.39 is 0 Å².